The minimum Gasteiger partial charge on any atom is -0.495 e. The maximum absolute atomic E-state index is 14.0. The summed E-state index contributed by atoms with van der Waals surface area (Å²) in [6.45, 7) is 0.216. The van der Waals surface area contributed by atoms with Crippen molar-refractivity contribution in [1.82, 2.24) is 0 Å². The first-order valence-corrected chi connectivity index (χ1v) is 8.18. The molecule has 1 aliphatic rings. The normalized spacial score (nSPS) is 15.2. The number of aliphatic imine (C=N–C) groups is 1. The third-order valence-corrected chi connectivity index (χ3v) is 4.62. The molecule has 1 saturated carbocycles. The number of methoxy groups -OCH3 is 1. The molecule has 1 fully saturated rings. The van der Waals surface area contributed by atoms with Gasteiger partial charge in [0.05, 0.1) is 18.7 Å². The summed E-state index contributed by atoms with van der Waals surface area (Å²) in [5.74, 6) is -0.374. The third kappa shape index (κ3) is 4.37. The van der Waals surface area contributed by atoms with Crippen LogP contribution in [0.15, 0.2) is 41.4 Å². The van der Waals surface area contributed by atoms with Gasteiger partial charge < -0.3 is 15.8 Å². The highest BCUT2D eigenvalue weighted by atomic mass is 127. The minimum atomic E-state index is -0.612. The Morgan fingerprint density at radius 2 is 1.92 bits per heavy atom. The number of nitrogens with one attached hydrogen (secondary N) is 1. The lowest BCUT2D eigenvalue weighted by Crippen LogP contribution is -2.25. The molecule has 2 aromatic carbocycles. The molecule has 0 heterocycles. The van der Waals surface area contributed by atoms with E-state index < -0.39 is 17.0 Å². The van der Waals surface area contributed by atoms with Crippen LogP contribution in [0.25, 0.3) is 0 Å². The van der Waals surface area contributed by atoms with Crippen molar-refractivity contribution < 1.29 is 13.5 Å². The van der Waals surface area contributed by atoms with Gasteiger partial charge in [0.1, 0.15) is 17.4 Å². The highest BCUT2D eigenvalue weighted by molar-refractivity contribution is 14.0. The lowest BCUT2D eigenvalue weighted by atomic mass is 9.95. The molecule has 3 N–H and O–H groups in total. The van der Waals surface area contributed by atoms with Crippen LogP contribution in [0.4, 0.5) is 14.5 Å². The molecule has 140 valence electrons. The number of nitrogens with two attached hydrogens (primary N) is 1. The smallest absolute Gasteiger partial charge is 0.193 e. The molecule has 1 aliphatic carbocycles. The summed E-state index contributed by atoms with van der Waals surface area (Å²) in [5, 5.41) is 3.35. The first-order valence-electron chi connectivity index (χ1n) is 7.80. The van der Waals surface area contributed by atoms with Gasteiger partial charge in [-0.05, 0) is 43.2 Å². The van der Waals surface area contributed by atoms with Crippen molar-refractivity contribution in [1.29, 1.82) is 0 Å². The molecule has 4 nitrogen and oxygen atoms in total. The molecule has 0 amide bonds. The van der Waals surface area contributed by atoms with E-state index >= 15 is 0 Å². The van der Waals surface area contributed by atoms with Crippen molar-refractivity contribution in [3.05, 3.63) is 58.6 Å². The van der Waals surface area contributed by atoms with Gasteiger partial charge in [0, 0.05) is 16.7 Å². The van der Waals surface area contributed by atoms with Gasteiger partial charge in [0.2, 0.25) is 0 Å². The van der Waals surface area contributed by atoms with Crippen LogP contribution in [0.3, 0.4) is 0 Å². The largest absolute Gasteiger partial charge is 0.495 e. The highest BCUT2D eigenvalue weighted by Gasteiger charge is 2.47. The number of hydrogen-bond donors (Lipinski definition) is 2. The Morgan fingerprint density at radius 1 is 1.27 bits per heavy atom. The van der Waals surface area contributed by atoms with Crippen molar-refractivity contribution in [3.8, 4) is 5.75 Å². The molecule has 0 aromatic heterocycles. The van der Waals surface area contributed by atoms with Crippen molar-refractivity contribution >= 4 is 47.2 Å². The third-order valence-electron chi connectivity index (χ3n) is 4.32. The Kier molecular flexibility index (Phi) is 6.68. The van der Waals surface area contributed by atoms with Crippen LogP contribution in [0, 0.1) is 11.6 Å². The lowest BCUT2D eigenvalue weighted by Gasteiger charge is -2.16. The van der Waals surface area contributed by atoms with Crippen LogP contribution in [-0.2, 0) is 5.41 Å². The SMILES string of the molecule is COc1ccc(NC(N)=NCC2(c3c(F)cccc3F)CC2)cc1Cl.I. The van der Waals surface area contributed by atoms with Crippen LogP contribution in [0.5, 0.6) is 5.75 Å². The number of rotatable bonds is 5. The van der Waals surface area contributed by atoms with Crippen molar-refractivity contribution in [2.75, 3.05) is 19.0 Å². The summed E-state index contributed by atoms with van der Waals surface area (Å²) >= 11 is 6.06. The quantitative estimate of drug-likeness (QED) is 0.361. The van der Waals surface area contributed by atoms with E-state index in [0.29, 0.717) is 29.3 Å². The molecule has 26 heavy (non-hydrogen) atoms. The van der Waals surface area contributed by atoms with E-state index in [1.54, 1.807) is 18.2 Å². The number of nitrogens with zero attached hydrogens (tertiary/aromatic N) is 1. The Labute approximate surface area is 172 Å². The summed E-state index contributed by atoms with van der Waals surface area (Å²) in [5.41, 5.74) is 6.02. The van der Waals surface area contributed by atoms with E-state index in [4.69, 9.17) is 22.1 Å². The van der Waals surface area contributed by atoms with Crippen LogP contribution in [0.2, 0.25) is 5.02 Å². The van der Waals surface area contributed by atoms with Crippen LogP contribution in [-0.4, -0.2) is 19.6 Å². The molecular weight excluding hydrogens is 475 g/mol. The molecule has 0 atom stereocenters. The average Bonchev–Trinajstić information content (AvgIpc) is 3.34. The van der Waals surface area contributed by atoms with E-state index in [0.717, 1.165) is 0 Å². The second kappa shape index (κ2) is 8.39. The van der Waals surface area contributed by atoms with Gasteiger partial charge in [0.25, 0.3) is 0 Å². The molecular formula is C18H19ClF2IN3O. The fourth-order valence-corrected chi connectivity index (χ4v) is 3.07. The maximum atomic E-state index is 14.0. The minimum absolute atomic E-state index is 0. The predicted molar refractivity (Wildman–Crippen MR) is 111 cm³/mol. The Bertz CT molecular complexity index is 808. The summed E-state index contributed by atoms with van der Waals surface area (Å²) in [6, 6.07) is 9.00. The summed E-state index contributed by atoms with van der Waals surface area (Å²) in [4.78, 5) is 4.26. The van der Waals surface area contributed by atoms with Gasteiger partial charge in [-0.2, -0.15) is 0 Å². The van der Waals surface area contributed by atoms with E-state index in [-0.39, 0.29) is 42.0 Å². The van der Waals surface area contributed by atoms with E-state index in [1.165, 1.54) is 25.3 Å². The molecule has 0 bridgehead atoms. The Balaban J connectivity index is 0.00000243. The molecule has 0 saturated heterocycles. The maximum Gasteiger partial charge on any atom is 0.193 e. The lowest BCUT2D eigenvalue weighted by molar-refractivity contribution is 0.415. The van der Waals surface area contributed by atoms with Gasteiger partial charge >= 0.3 is 0 Å². The summed E-state index contributed by atoms with van der Waals surface area (Å²) in [7, 11) is 1.53. The van der Waals surface area contributed by atoms with Gasteiger partial charge in [-0.15, -0.1) is 24.0 Å². The number of ether oxygens (including phenoxy) is 1. The fraction of sp³-hybridized carbons (Fsp3) is 0.278. The number of guanidine groups is 1. The molecule has 3 rings (SSSR count). The van der Waals surface area contributed by atoms with Gasteiger partial charge in [-0.3, -0.25) is 4.99 Å². The fourth-order valence-electron chi connectivity index (χ4n) is 2.81. The van der Waals surface area contributed by atoms with Crippen LogP contribution >= 0.6 is 35.6 Å². The first kappa shape index (κ1) is 20.7. The molecule has 0 aliphatic heterocycles. The van der Waals surface area contributed by atoms with Crippen LogP contribution in [0.1, 0.15) is 18.4 Å². The van der Waals surface area contributed by atoms with Crippen molar-refractivity contribution in [2.24, 2.45) is 10.7 Å². The highest BCUT2D eigenvalue weighted by Crippen LogP contribution is 2.50. The second-order valence-electron chi connectivity index (χ2n) is 6.05. The molecule has 0 radical (unpaired) electrons. The summed E-state index contributed by atoms with van der Waals surface area (Å²) < 4.78 is 33.1. The zero-order valence-electron chi connectivity index (χ0n) is 14.1. The number of benzene rings is 2. The monoisotopic (exact) mass is 493 g/mol. The predicted octanol–water partition coefficient (Wildman–Crippen LogP) is 4.70. The zero-order valence-corrected chi connectivity index (χ0v) is 17.1. The summed E-state index contributed by atoms with van der Waals surface area (Å²) in [6.07, 6.45) is 1.35. The van der Waals surface area contributed by atoms with Gasteiger partial charge in [-0.1, -0.05) is 17.7 Å². The van der Waals surface area contributed by atoms with Crippen molar-refractivity contribution in [3.63, 3.8) is 0 Å². The van der Waals surface area contributed by atoms with Crippen molar-refractivity contribution in [2.45, 2.75) is 18.3 Å². The van der Waals surface area contributed by atoms with E-state index in [1.807, 2.05) is 0 Å². The average molecular weight is 494 g/mol. The zero-order chi connectivity index (χ0) is 18.0. The van der Waals surface area contributed by atoms with Gasteiger partial charge in [0.15, 0.2) is 5.96 Å². The number of anilines is 1. The second-order valence-corrected chi connectivity index (χ2v) is 6.46. The molecule has 8 heteroatoms. The van der Waals surface area contributed by atoms with Crippen LogP contribution < -0.4 is 15.8 Å². The standard InChI is InChI=1S/C18H18ClF2N3O.HI/c1-25-15-6-5-11(9-12(15)19)24-17(22)23-10-18(7-8-18)16-13(20)3-2-4-14(16)21;/h2-6,9H,7-8,10H2,1H3,(H3,22,23,24);1H. The van der Waals surface area contributed by atoms with E-state index in [9.17, 15) is 8.78 Å². The topological polar surface area (TPSA) is 59.6 Å². The molecule has 0 spiro atoms. The number of halogens is 4. The van der Waals surface area contributed by atoms with Gasteiger partial charge in [-0.25, -0.2) is 8.78 Å². The Morgan fingerprint density at radius 3 is 2.46 bits per heavy atom. The number of hydrogen-bond acceptors (Lipinski definition) is 2. The molecule has 2 aromatic rings. The Hall–Kier alpha value is -1.61. The first-order chi connectivity index (χ1) is 11.9. The molecule has 0 unspecified atom stereocenters. The van der Waals surface area contributed by atoms with E-state index in [2.05, 4.69) is 10.3 Å².